The number of halogens is 1. The topological polar surface area (TPSA) is 77.1 Å². The largest absolute Gasteiger partial charge is 0.467 e. The number of thioether (sulfide) groups is 1. The average Bonchev–Trinajstić information content (AvgIpc) is 3.43. The number of benzene rings is 1. The van der Waals surface area contributed by atoms with Gasteiger partial charge >= 0.3 is 0 Å². The molecule has 3 heterocycles. The summed E-state index contributed by atoms with van der Waals surface area (Å²) in [6.07, 6.45) is 4.46. The van der Waals surface area contributed by atoms with E-state index < -0.39 is 5.82 Å². The van der Waals surface area contributed by atoms with E-state index in [0.29, 0.717) is 27.1 Å². The molecular formula is C24H22FN3O3S2. The molecule has 1 aliphatic carbocycles. The molecule has 5 rings (SSSR count). The molecule has 0 saturated heterocycles. The van der Waals surface area contributed by atoms with Crippen molar-refractivity contribution in [3.05, 3.63) is 75.0 Å². The van der Waals surface area contributed by atoms with Crippen molar-refractivity contribution in [3.63, 3.8) is 0 Å². The first-order chi connectivity index (χ1) is 16.0. The van der Waals surface area contributed by atoms with Crippen LogP contribution < -0.4 is 10.9 Å². The van der Waals surface area contributed by atoms with Crippen molar-refractivity contribution >= 4 is 44.9 Å². The number of anilines is 1. The maximum absolute atomic E-state index is 13.9. The van der Waals surface area contributed by atoms with Gasteiger partial charge in [-0.15, -0.1) is 11.3 Å². The molecule has 170 valence electrons. The summed E-state index contributed by atoms with van der Waals surface area (Å²) in [4.78, 5) is 32.8. The third-order valence-electron chi connectivity index (χ3n) is 5.75. The van der Waals surface area contributed by atoms with Gasteiger partial charge in [0.2, 0.25) is 5.91 Å². The smallest absolute Gasteiger partial charge is 0.263 e. The van der Waals surface area contributed by atoms with Crippen LogP contribution in [0.3, 0.4) is 0 Å². The SMILES string of the molecule is CC1CCc2c(sc3nc(SCC(=O)Nc4ccccc4F)n(Cc4ccco4)c(=O)c23)C1. The second-order valence-corrected chi connectivity index (χ2v) is 10.2. The van der Waals surface area contributed by atoms with E-state index in [9.17, 15) is 14.0 Å². The molecule has 0 fully saturated rings. The molecule has 1 unspecified atom stereocenters. The molecule has 0 radical (unpaired) electrons. The zero-order valence-corrected chi connectivity index (χ0v) is 19.6. The van der Waals surface area contributed by atoms with Gasteiger partial charge in [0.15, 0.2) is 5.16 Å². The molecule has 1 atom stereocenters. The summed E-state index contributed by atoms with van der Waals surface area (Å²) in [5.41, 5.74) is 1.13. The Balaban J connectivity index is 1.48. The Bertz CT molecular complexity index is 1380. The quantitative estimate of drug-likeness (QED) is 0.305. The number of thiophene rings is 1. The van der Waals surface area contributed by atoms with E-state index in [0.717, 1.165) is 36.6 Å². The predicted octanol–water partition coefficient (Wildman–Crippen LogP) is 5.09. The number of amides is 1. The van der Waals surface area contributed by atoms with Crippen LogP contribution in [0.1, 0.15) is 29.5 Å². The zero-order valence-electron chi connectivity index (χ0n) is 18.0. The highest BCUT2D eigenvalue weighted by atomic mass is 32.2. The van der Waals surface area contributed by atoms with Crippen molar-refractivity contribution < 1.29 is 13.6 Å². The Kier molecular flexibility index (Phi) is 6.07. The number of aromatic nitrogens is 2. The number of hydrogen-bond acceptors (Lipinski definition) is 6. The van der Waals surface area contributed by atoms with Crippen LogP contribution in [0.25, 0.3) is 10.2 Å². The third kappa shape index (κ3) is 4.47. The minimum absolute atomic E-state index is 0.00738. The van der Waals surface area contributed by atoms with Gasteiger partial charge < -0.3 is 9.73 Å². The van der Waals surface area contributed by atoms with Gasteiger partial charge in [-0.3, -0.25) is 14.2 Å². The van der Waals surface area contributed by atoms with Crippen molar-refractivity contribution in [1.29, 1.82) is 0 Å². The normalized spacial score (nSPS) is 15.5. The molecule has 6 nitrogen and oxygen atoms in total. The second kappa shape index (κ2) is 9.15. The maximum atomic E-state index is 13.9. The van der Waals surface area contributed by atoms with Gasteiger partial charge in [-0.25, -0.2) is 9.37 Å². The van der Waals surface area contributed by atoms with Crippen molar-refractivity contribution in [2.45, 2.75) is 37.9 Å². The van der Waals surface area contributed by atoms with Crippen molar-refractivity contribution in [3.8, 4) is 0 Å². The first-order valence-corrected chi connectivity index (χ1v) is 12.5. The first kappa shape index (κ1) is 21.9. The highest BCUT2D eigenvalue weighted by molar-refractivity contribution is 7.99. The fourth-order valence-electron chi connectivity index (χ4n) is 4.09. The Hall–Kier alpha value is -2.91. The lowest BCUT2D eigenvalue weighted by molar-refractivity contribution is -0.113. The van der Waals surface area contributed by atoms with Crippen molar-refractivity contribution in [2.24, 2.45) is 5.92 Å². The molecule has 9 heteroatoms. The summed E-state index contributed by atoms with van der Waals surface area (Å²) in [7, 11) is 0. The van der Waals surface area contributed by atoms with Crippen LogP contribution in [-0.2, 0) is 24.2 Å². The molecule has 0 aliphatic heterocycles. The van der Waals surface area contributed by atoms with E-state index in [1.165, 1.54) is 17.0 Å². The lowest BCUT2D eigenvalue weighted by Gasteiger charge is -2.17. The van der Waals surface area contributed by atoms with Gasteiger partial charge in [-0.05, 0) is 55.0 Å². The van der Waals surface area contributed by atoms with Gasteiger partial charge in [0, 0.05) is 4.88 Å². The Labute approximate surface area is 197 Å². The third-order valence-corrected chi connectivity index (χ3v) is 7.88. The number of carbonyl (C=O) groups is 1. The van der Waals surface area contributed by atoms with Gasteiger partial charge in [-0.2, -0.15) is 0 Å². The summed E-state index contributed by atoms with van der Waals surface area (Å²) in [6.45, 7) is 2.46. The molecule has 33 heavy (non-hydrogen) atoms. The molecule has 0 bridgehead atoms. The molecule has 1 amide bonds. The highest BCUT2D eigenvalue weighted by Gasteiger charge is 2.25. The van der Waals surface area contributed by atoms with E-state index in [4.69, 9.17) is 9.40 Å². The van der Waals surface area contributed by atoms with E-state index >= 15 is 0 Å². The summed E-state index contributed by atoms with van der Waals surface area (Å²) in [5.74, 6) is 0.347. The van der Waals surface area contributed by atoms with Crippen molar-refractivity contribution in [1.82, 2.24) is 9.55 Å². The van der Waals surface area contributed by atoms with Crippen LogP contribution in [0.2, 0.25) is 0 Å². The number of nitrogens with one attached hydrogen (secondary N) is 1. The number of para-hydroxylation sites is 1. The average molecular weight is 484 g/mol. The number of fused-ring (bicyclic) bond motifs is 3. The van der Waals surface area contributed by atoms with Gasteiger partial charge in [0.25, 0.3) is 5.56 Å². The summed E-state index contributed by atoms with van der Waals surface area (Å²) in [5, 5.41) is 3.71. The number of aryl methyl sites for hydroxylation is 1. The van der Waals surface area contributed by atoms with Crippen LogP contribution >= 0.6 is 23.1 Å². The van der Waals surface area contributed by atoms with Crippen LogP contribution in [0.15, 0.2) is 57.0 Å². The Morgan fingerprint density at radius 3 is 2.97 bits per heavy atom. The second-order valence-electron chi connectivity index (χ2n) is 8.21. The van der Waals surface area contributed by atoms with Gasteiger partial charge in [0.05, 0.1) is 29.6 Å². The van der Waals surface area contributed by atoms with Gasteiger partial charge in [-0.1, -0.05) is 30.8 Å². The monoisotopic (exact) mass is 483 g/mol. The molecule has 3 aromatic heterocycles. The number of carbonyl (C=O) groups excluding carboxylic acids is 1. The standard InChI is InChI=1S/C24H22FN3O3S2/c1-14-8-9-16-19(11-14)33-22-21(16)23(30)28(12-15-5-4-10-31-15)24(27-22)32-13-20(29)26-18-7-3-2-6-17(18)25/h2-7,10,14H,8-9,11-13H2,1H3,(H,26,29). The zero-order chi connectivity index (χ0) is 22.9. The molecule has 0 spiro atoms. The number of nitrogens with zero attached hydrogens (tertiary/aromatic N) is 2. The molecular weight excluding hydrogens is 461 g/mol. The maximum Gasteiger partial charge on any atom is 0.263 e. The van der Waals surface area contributed by atoms with Crippen LogP contribution in [0, 0.1) is 11.7 Å². The fraction of sp³-hybridized carbons (Fsp3) is 0.292. The van der Waals surface area contributed by atoms with E-state index in [-0.39, 0.29) is 29.5 Å². The summed E-state index contributed by atoms with van der Waals surface area (Å²) < 4.78 is 20.9. The van der Waals surface area contributed by atoms with Crippen LogP contribution in [-0.4, -0.2) is 21.2 Å². The number of furan rings is 1. The summed E-state index contributed by atoms with van der Waals surface area (Å²) >= 11 is 2.74. The molecule has 1 N–H and O–H groups in total. The lowest BCUT2D eigenvalue weighted by atomic mass is 9.89. The molecule has 1 aromatic carbocycles. The Morgan fingerprint density at radius 1 is 1.33 bits per heavy atom. The van der Waals surface area contributed by atoms with E-state index in [2.05, 4.69) is 12.2 Å². The van der Waals surface area contributed by atoms with Crippen molar-refractivity contribution in [2.75, 3.05) is 11.1 Å². The van der Waals surface area contributed by atoms with Gasteiger partial charge in [0.1, 0.15) is 16.4 Å². The van der Waals surface area contributed by atoms with Crippen LogP contribution in [0.5, 0.6) is 0 Å². The predicted molar refractivity (Wildman–Crippen MR) is 129 cm³/mol. The molecule has 1 aliphatic rings. The number of rotatable bonds is 6. The molecule has 0 saturated carbocycles. The lowest BCUT2D eigenvalue weighted by Crippen LogP contribution is -2.25. The minimum Gasteiger partial charge on any atom is -0.467 e. The van der Waals surface area contributed by atoms with E-state index in [1.54, 1.807) is 46.4 Å². The fourth-order valence-corrected chi connectivity index (χ4v) is 6.31. The summed E-state index contributed by atoms with van der Waals surface area (Å²) in [6, 6.07) is 9.59. The first-order valence-electron chi connectivity index (χ1n) is 10.7. The molecule has 4 aromatic rings. The Morgan fingerprint density at radius 2 is 2.18 bits per heavy atom. The number of hydrogen-bond donors (Lipinski definition) is 1. The minimum atomic E-state index is -0.497. The van der Waals surface area contributed by atoms with Crippen LogP contribution in [0.4, 0.5) is 10.1 Å². The van der Waals surface area contributed by atoms with E-state index in [1.807, 2.05) is 0 Å². The highest BCUT2D eigenvalue weighted by Crippen LogP contribution is 2.36.